The van der Waals surface area contributed by atoms with Crippen molar-refractivity contribution in [2.75, 3.05) is 54.1 Å². The van der Waals surface area contributed by atoms with Crippen LogP contribution in [0.25, 0.3) is 0 Å². The first-order valence-electron chi connectivity index (χ1n) is 22.3. The van der Waals surface area contributed by atoms with E-state index in [9.17, 15) is 14.3 Å². The number of likely N-dealkylation sites (N-methyl/N-ethyl adjacent to an activating group) is 1. The van der Waals surface area contributed by atoms with Gasteiger partial charge in [0.05, 0.1) is 34.4 Å². The van der Waals surface area contributed by atoms with E-state index in [1.54, 1.807) is 0 Å². The lowest BCUT2D eigenvalue weighted by Gasteiger charge is -2.28. The standard InChI is InChI=1S/C50H82NO7P/c1-6-8-10-12-14-16-18-20-21-22-23-24-25-26-27-28-29-30-32-34-36-38-40-42-45-55-47-49(48-57-59(53,54)56-46-44-51(3,4)5)58-50(52)43-41-39-37-35-33-31-19-17-15-13-11-9-7-2/h8-11,14-17,20-21,23-24,26-27,29-31,33-34,36,49H,6-7,12-13,18-19,22,25,28,32,35,37-48H2,1-5H3/b10-8-,11-9-,16-14-,17-15-,21-20-,24-23-,27-26-,30-29-,33-31-,36-34-. The molecule has 0 heterocycles. The highest BCUT2D eigenvalue weighted by atomic mass is 31.2. The van der Waals surface area contributed by atoms with Gasteiger partial charge in [-0.25, -0.2) is 0 Å². The first-order chi connectivity index (χ1) is 28.6. The third-order valence-corrected chi connectivity index (χ3v) is 9.47. The van der Waals surface area contributed by atoms with Gasteiger partial charge in [-0.05, 0) is 103 Å². The van der Waals surface area contributed by atoms with Crippen LogP contribution in [-0.4, -0.2) is 70.7 Å². The van der Waals surface area contributed by atoms with Crippen LogP contribution in [0.2, 0.25) is 0 Å². The lowest BCUT2D eigenvalue weighted by molar-refractivity contribution is -0.870. The van der Waals surface area contributed by atoms with Crippen LogP contribution in [0.5, 0.6) is 0 Å². The molecular weight excluding hydrogens is 758 g/mol. The van der Waals surface area contributed by atoms with Gasteiger partial charge in [0, 0.05) is 13.0 Å². The predicted molar refractivity (Wildman–Crippen MR) is 249 cm³/mol. The quantitative estimate of drug-likeness (QED) is 0.0200. The molecule has 0 aromatic heterocycles. The van der Waals surface area contributed by atoms with Crippen molar-refractivity contribution in [2.24, 2.45) is 0 Å². The number of nitrogens with zero attached hydrogens (tertiary/aromatic N) is 1. The molecule has 9 heteroatoms. The summed E-state index contributed by atoms with van der Waals surface area (Å²) in [6.45, 7) is 4.97. The average molecular weight is 840 g/mol. The number of allylic oxidation sites excluding steroid dienone is 20. The first kappa shape index (κ1) is 55.9. The summed E-state index contributed by atoms with van der Waals surface area (Å²) >= 11 is 0. The van der Waals surface area contributed by atoms with Crippen LogP contribution in [0.1, 0.15) is 129 Å². The number of hydrogen-bond acceptors (Lipinski definition) is 7. The van der Waals surface area contributed by atoms with E-state index in [1.807, 2.05) is 21.1 Å². The Kier molecular flexibility index (Phi) is 39.4. The molecule has 0 N–H and O–H groups in total. The maximum Gasteiger partial charge on any atom is 0.306 e. The number of unbranched alkanes of at least 4 members (excludes halogenated alkanes) is 5. The Bertz CT molecular complexity index is 1350. The van der Waals surface area contributed by atoms with E-state index in [-0.39, 0.29) is 32.2 Å². The molecule has 8 nitrogen and oxygen atoms in total. The zero-order chi connectivity index (χ0) is 43.4. The third kappa shape index (κ3) is 45.8. The molecule has 0 radical (unpaired) electrons. The Morgan fingerprint density at radius 2 is 0.932 bits per heavy atom. The minimum atomic E-state index is -4.55. The number of phosphoric acid groups is 1. The normalized spacial score (nSPS) is 14.9. The van der Waals surface area contributed by atoms with E-state index in [0.717, 1.165) is 103 Å². The molecule has 0 rings (SSSR count). The monoisotopic (exact) mass is 840 g/mol. The number of carbonyl (C=O) groups is 1. The molecule has 0 aliphatic rings. The highest BCUT2D eigenvalue weighted by Gasteiger charge is 2.20. The van der Waals surface area contributed by atoms with Crippen LogP contribution in [0.4, 0.5) is 0 Å². The first-order valence-corrected chi connectivity index (χ1v) is 23.7. The maximum atomic E-state index is 12.6. The molecule has 0 aliphatic carbocycles. The summed E-state index contributed by atoms with van der Waals surface area (Å²) in [6.07, 6.45) is 59.5. The smallest absolute Gasteiger partial charge is 0.306 e. The number of carbonyl (C=O) groups excluding carboxylic acids is 1. The van der Waals surface area contributed by atoms with Crippen LogP contribution >= 0.6 is 7.82 Å². The van der Waals surface area contributed by atoms with E-state index >= 15 is 0 Å². The van der Waals surface area contributed by atoms with Crippen LogP contribution < -0.4 is 4.89 Å². The fourth-order valence-corrected chi connectivity index (χ4v) is 5.85. The van der Waals surface area contributed by atoms with E-state index in [1.165, 1.54) is 0 Å². The van der Waals surface area contributed by atoms with Crippen LogP contribution in [0, 0.1) is 0 Å². The molecule has 0 amide bonds. The molecule has 0 saturated heterocycles. The molecule has 0 aromatic rings. The van der Waals surface area contributed by atoms with Crippen LogP contribution in [-0.2, 0) is 27.9 Å². The van der Waals surface area contributed by atoms with Crippen molar-refractivity contribution in [1.82, 2.24) is 0 Å². The molecule has 0 bridgehead atoms. The molecule has 0 spiro atoms. The summed E-state index contributed by atoms with van der Waals surface area (Å²) in [7, 11) is 1.28. The van der Waals surface area contributed by atoms with Crippen molar-refractivity contribution in [3.05, 3.63) is 122 Å². The zero-order valence-corrected chi connectivity index (χ0v) is 38.5. The number of esters is 1. The lowest BCUT2D eigenvalue weighted by Crippen LogP contribution is -2.37. The number of hydrogen-bond donors (Lipinski definition) is 0. The van der Waals surface area contributed by atoms with Gasteiger partial charge in [0.1, 0.15) is 19.3 Å². The highest BCUT2D eigenvalue weighted by molar-refractivity contribution is 7.45. The molecular formula is C50H82NO7P. The Hall–Kier alpha value is -3.10. The number of phosphoric ester groups is 1. The lowest BCUT2D eigenvalue weighted by atomic mass is 10.1. The van der Waals surface area contributed by atoms with Gasteiger partial charge in [-0.2, -0.15) is 0 Å². The minimum absolute atomic E-state index is 0.00357. The van der Waals surface area contributed by atoms with Gasteiger partial charge >= 0.3 is 5.97 Å². The Labute approximate surface area is 361 Å². The van der Waals surface area contributed by atoms with Gasteiger partial charge in [-0.1, -0.05) is 142 Å². The van der Waals surface area contributed by atoms with E-state index in [2.05, 4.69) is 135 Å². The zero-order valence-electron chi connectivity index (χ0n) is 37.6. The summed E-state index contributed by atoms with van der Waals surface area (Å²) in [6, 6.07) is 0. The molecule has 0 saturated carbocycles. The van der Waals surface area contributed by atoms with Crippen molar-refractivity contribution in [2.45, 2.75) is 136 Å². The summed E-state index contributed by atoms with van der Waals surface area (Å²) in [5.41, 5.74) is 0. The average Bonchev–Trinajstić information content (AvgIpc) is 3.19. The largest absolute Gasteiger partial charge is 0.756 e. The molecule has 334 valence electrons. The van der Waals surface area contributed by atoms with E-state index in [0.29, 0.717) is 24.1 Å². The van der Waals surface area contributed by atoms with E-state index in [4.69, 9.17) is 18.5 Å². The fraction of sp³-hybridized carbons (Fsp3) is 0.580. The SMILES string of the molecule is CC/C=C\C/C=C\C/C=C\C/C=C\C/C=C\C/C=C\C/C=C\CCCCOCC(COP(=O)([O-])OCC[N+](C)(C)C)OC(=O)CCCCC/C=C\C/C=C\C/C=C\CC. The number of rotatable bonds is 39. The molecule has 0 fully saturated rings. The van der Waals surface area contributed by atoms with Crippen molar-refractivity contribution >= 4 is 13.8 Å². The molecule has 2 atom stereocenters. The summed E-state index contributed by atoms with van der Waals surface area (Å²) in [5, 5.41) is 0. The molecule has 0 aliphatic heterocycles. The summed E-state index contributed by atoms with van der Waals surface area (Å²) in [5.74, 6) is -0.385. The Morgan fingerprint density at radius 3 is 1.36 bits per heavy atom. The third-order valence-electron chi connectivity index (χ3n) is 8.51. The Morgan fingerprint density at radius 1 is 0.525 bits per heavy atom. The van der Waals surface area contributed by atoms with Gasteiger partial charge in [-0.15, -0.1) is 0 Å². The number of quaternary nitrogens is 1. The second kappa shape index (κ2) is 41.6. The minimum Gasteiger partial charge on any atom is -0.756 e. The topological polar surface area (TPSA) is 94.1 Å². The molecule has 59 heavy (non-hydrogen) atoms. The maximum absolute atomic E-state index is 12.6. The highest BCUT2D eigenvalue weighted by Crippen LogP contribution is 2.38. The molecule has 2 unspecified atom stereocenters. The van der Waals surface area contributed by atoms with Crippen LogP contribution in [0.3, 0.4) is 0 Å². The number of ether oxygens (including phenoxy) is 2. The van der Waals surface area contributed by atoms with E-state index < -0.39 is 13.9 Å². The van der Waals surface area contributed by atoms with Gasteiger partial charge in [0.2, 0.25) is 0 Å². The van der Waals surface area contributed by atoms with Gasteiger partial charge in [-0.3, -0.25) is 9.36 Å². The second-order valence-electron chi connectivity index (χ2n) is 15.3. The fourth-order valence-electron chi connectivity index (χ4n) is 5.13. The van der Waals surface area contributed by atoms with Crippen molar-refractivity contribution in [3.8, 4) is 0 Å². The summed E-state index contributed by atoms with van der Waals surface area (Å²) < 4.78 is 34.5. The molecule has 0 aromatic carbocycles. The van der Waals surface area contributed by atoms with Gasteiger partial charge < -0.3 is 27.9 Å². The van der Waals surface area contributed by atoms with Gasteiger partial charge in [0.15, 0.2) is 0 Å². The Balaban J connectivity index is 4.36. The van der Waals surface area contributed by atoms with Crippen molar-refractivity contribution in [1.29, 1.82) is 0 Å². The summed E-state index contributed by atoms with van der Waals surface area (Å²) in [4.78, 5) is 25.0. The second-order valence-corrected chi connectivity index (χ2v) is 16.7. The van der Waals surface area contributed by atoms with Crippen molar-refractivity contribution in [3.63, 3.8) is 0 Å². The predicted octanol–water partition coefficient (Wildman–Crippen LogP) is 12.7. The van der Waals surface area contributed by atoms with Gasteiger partial charge in [0.25, 0.3) is 7.82 Å². The van der Waals surface area contributed by atoms with Crippen LogP contribution in [0.15, 0.2) is 122 Å². The van der Waals surface area contributed by atoms with Crippen molar-refractivity contribution < 1.29 is 37.3 Å².